The summed E-state index contributed by atoms with van der Waals surface area (Å²) in [5.74, 6) is 0.166. The summed E-state index contributed by atoms with van der Waals surface area (Å²) in [6.07, 6.45) is 0.837. The van der Waals surface area contributed by atoms with E-state index >= 15 is 0 Å². The fraction of sp³-hybridized carbons (Fsp3) is 0.176. The monoisotopic (exact) mass is 250 g/mol. The van der Waals surface area contributed by atoms with Crippen LogP contribution in [0, 0.1) is 0 Å². The Morgan fingerprint density at radius 2 is 1.42 bits per heavy atom. The van der Waals surface area contributed by atoms with E-state index in [2.05, 4.69) is 0 Å². The van der Waals surface area contributed by atoms with Gasteiger partial charge in [0.1, 0.15) is 0 Å². The smallest absolute Gasteiger partial charge is 0.159 e. The molecule has 0 amide bonds. The highest BCUT2D eigenvalue weighted by Crippen LogP contribution is 2.37. The first-order valence-electron chi connectivity index (χ1n) is 6.34. The van der Waals surface area contributed by atoms with Crippen molar-refractivity contribution in [2.45, 2.75) is 20.3 Å². The highest BCUT2D eigenvalue weighted by Gasteiger charge is 2.20. The molecule has 3 rings (SSSR count). The molecule has 2 aromatic rings. The molecular formula is C17H14O2. The van der Waals surface area contributed by atoms with Crippen molar-refractivity contribution in [1.82, 2.24) is 0 Å². The number of benzene rings is 2. The molecule has 94 valence electrons. The molecule has 2 nitrogen and oxygen atoms in total. The molecule has 1 aliphatic carbocycles. The number of rotatable bonds is 2. The summed E-state index contributed by atoms with van der Waals surface area (Å²) < 4.78 is 0. The SMILES string of the molecule is CC(=O)c1ccc2c(c1)Cc1ccc(C(C)=O)cc1-2. The molecule has 0 atom stereocenters. The molecule has 0 bridgehead atoms. The normalized spacial score (nSPS) is 11.9. The van der Waals surface area contributed by atoms with Crippen LogP contribution < -0.4 is 0 Å². The van der Waals surface area contributed by atoms with Crippen LogP contribution in [0.15, 0.2) is 36.4 Å². The lowest BCUT2D eigenvalue weighted by Crippen LogP contribution is -1.93. The summed E-state index contributed by atoms with van der Waals surface area (Å²) in [6, 6.07) is 11.7. The topological polar surface area (TPSA) is 34.1 Å². The van der Waals surface area contributed by atoms with Gasteiger partial charge >= 0.3 is 0 Å². The van der Waals surface area contributed by atoms with E-state index in [9.17, 15) is 9.59 Å². The predicted molar refractivity (Wildman–Crippen MR) is 74.7 cm³/mol. The fourth-order valence-corrected chi connectivity index (χ4v) is 2.63. The third kappa shape index (κ3) is 1.89. The summed E-state index contributed by atoms with van der Waals surface area (Å²) in [5, 5.41) is 0. The van der Waals surface area contributed by atoms with Crippen LogP contribution in [0.3, 0.4) is 0 Å². The van der Waals surface area contributed by atoms with Gasteiger partial charge in [-0.25, -0.2) is 0 Å². The Morgan fingerprint density at radius 1 is 0.789 bits per heavy atom. The van der Waals surface area contributed by atoms with Gasteiger partial charge in [0.05, 0.1) is 0 Å². The lowest BCUT2D eigenvalue weighted by molar-refractivity contribution is 0.100. The highest BCUT2D eigenvalue weighted by atomic mass is 16.1. The molecular weight excluding hydrogens is 236 g/mol. The summed E-state index contributed by atoms with van der Waals surface area (Å²) >= 11 is 0. The molecule has 0 heterocycles. The van der Waals surface area contributed by atoms with Gasteiger partial charge in [0.2, 0.25) is 0 Å². The predicted octanol–water partition coefficient (Wildman–Crippen LogP) is 3.66. The number of carbonyl (C=O) groups is 2. The van der Waals surface area contributed by atoms with Crippen molar-refractivity contribution in [1.29, 1.82) is 0 Å². The number of Topliss-reactive ketones (excluding diaryl/α,β-unsaturated/α-hetero) is 2. The summed E-state index contributed by atoms with van der Waals surface area (Å²) in [5.41, 5.74) is 6.14. The minimum atomic E-state index is 0.0802. The van der Waals surface area contributed by atoms with Gasteiger partial charge in [-0.3, -0.25) is 9.59 Å². The highest BCUT2D eigenvalue weighted by molar-refractivity contribution is 5.97. The van der Waals surface area contributed by atoms with Crippen molar-refractivity contribution >= 4 is 11.6 Å². The van der Waals surface area contributed by atoms with E-state index in [1.54, 1.807) is 13.8 Å². The van der Waals surface area contributed by atoms with Crippen LogP contribution in [0.4, 0.5) is 0 Å². The number of hydrogen-bond acceptors (Lipinski definition) is 2. The van der Waals surface area contributed by atoms with E-state index in [4.69, 9.17) is 0 Å². The van der Waals surface area contributed by atoms with Gasteiger partial charge < -0.3 is 0 Å². The first-order valence-corrected chi connectivity index (χ1v) is 6.34. The van der Waals surface area contributed by atoms with Gasteiger partial charge in [-0.05, 0) is 54.7 Å². The third-order valence-corrected chi connectivity index (χ3v) is 3.70. The lowest BCUT2D eigenvalue weighted by atomic mass is 10.00. The van der Waals surface area contributed by atoms with E-state index in [-0.39, 0.29) is 11.6 Å². The molecule has 0 spiro atoms. The summed E-state index contributed by atoms with van der Waals surface area (Å²) in [6.45, 7) is 3.16. The molecule has 0 aliphatic heterocycles. The number of hydrogen-bond donors (Lipinski definition) is 0. The zero-order valence-electron chi connectivity index (χ0n) is 11.0. The Labute approximate surface area is 112 Å². The minimum absolute atomic E-state index is 0.0802. The van der Waals surface area contributed by atoms with Crippen molar-refractivity contribution in [3.8, 4) is 11.1 Å². The molecule has 0 radical (unpaired) electrons. The summed E-state index contributed by atoms with van der Waals surface area (Å²) in [7, 11) is 0. The van der Waals surface area contributed by atoms with Crippen molar-refractivity contribution in [2.75, 3.05) is 0 Å². The third-order valence-electron chi connectivity index (χ3n) is 3.70. The quantitative estimate of drug-likeness (QED) is 0.650. The van der Waals surface area contributed by atoms with Crippen LogP contribution in [0.5, 0.6) is 0 Å². The van der Waals surface area contributed by atoms with E-state index < -0.39 is 0 Å². The first kappa shape index (κ1) is 11.8. The van der Waals surface area contributed by atoms with Crippen LogP contribution in [-0.2, 0) is 6.42 Å². The maximum atomic E-state index is 11.5. The van der Waals surface area contributed by atoms with Gasteiger partial charge in [0, 0.05) is 11.1 Å². The summed E-state index contributed by atoms with van der Waals surface area (Å²) in [4.78, 5) is 22.9. The molecule has 0 N–H and O–H groups in total. The van der Waals surface area contributed by atoms with Gasteiger partial charge in [-0.1, -0.05) is 24.3 Å². The second-order valence-corrected chi connectivity index (χ2v) is 5.03. The fourth-order valence-electron chi connectivity index (χ4n) is 2.63. The Kier molecular flexibility index (Phi) is 2.59. The van der Waals surface area contributed by atoms with Crippen LogP contribution in [0.2, 0.25) is 0 Å². The molecule has 2 heteroatoms. The van der Waals surface area contributed by atoms with E-state index in [1.807, 2.05) is 36.4 Å². The molecule has 19 heavy (non-hydrogen) atoms. The number of fused-ring (bicyclic) bond motifs is 3. The lowest BCUT2D eigenvalue weighted by Gasteiger charge is -2.04. The average Bonchev–Trinajstić information content (AvgIpc) is 2.74. The Hall–Kier alpha value is -2.22. The van der Waals surface area contributed by atoms with Gasteiger partial charge in [0.15, 0.2) is 11.6 Å². The van der Waals surface area contributed by atoms with Crippen LogP contribution in [0.1, 0.15) is 45.7 Å². The van der Waals surface area contributed by atoms with Crippen LogP contribution in [0.25, 0.3) is 11.1 Å². The van der Waals surface area contributed by atoms with Gasteiger partial charge in [0.25, 0.3) is 0 Å². The molecule has 0 saturated carbocycles. The average molecular weight is 250 g/mol. The van der Waals surface area contributed by atoms with Crippen LogP contribution in [-0.4, -0.2) is 11.6 Å². The van der Waals surface area contributed by atoms with Crippen molar-refractivity contribution < 1.29 is 9.59 Å². The minimum Gasteiger partial charge on any atom is -0.295 e. The molecule has 0 aromatic heterocycles. The van der Waals surface area contributed by atoms with E-state index in [0.29, 0.717) is 0 Å². The van der Waals surface area contributed by atoms with E-state index in [0.717, 1.165) is 28.7 Å². The molecule has 0 fully saturated rings. The zero-order chi connectivity index (χ0) is 13.6. The number of carbonyl (C=O) groups excluding carboxylic acids is 2. The molecule has 2 aromatic carbocycles. The van der Waals surface area contributed by atoms with Gasteiger partial charge in [-0.15, -0.1) is 0 Å². The standard InChI is InChI=1S/C17H14O2/c1-10(18)12-5-6-16-15(7-12)8-14-4-3-13(11(2)19)9-17(14)16/h3-7,9H,8H2,1-2H3. The van der Waals surface area contributed by atoms with Crippen molar-refractivity contribution in [3.05, 3.63) is 58.7 Å². The number of ketones is 2. The second-order valence-electron chi connectivity index (χ2n) is 5.03. The molecule has 1 aliphatic rings. The zero-order valence-corrected chi connectivity index (χ0v) is 11.0. The Balaban J connectivity index is 2.14. The van der Waals surface area contributed by atoms with Crippen molar-refractivity contribution in [2.24, 2.45) is 0 Å². The maximum absolute atomic E-state index is 11.5. The van der Waals surface area contributed by atoms with Gasteiger partial charge in [-0.2, -0.15) is 0 Å². The van der Waals surface area contributed by atoms with Crippen LogP contribution >= 0.6 is 0 Å². The molecule has 0 unspecified atom stereocenters. The Bertz CT molecular complexity index is 711. The van der Waals surface area contributed by atoms with Crippen molar-refractivity contribution in [3.63, 3.8) is 0 Å². The molecule has 0 saturated heterocycles. The largest absolute Gasteiger partial charge is 0.295 e. The maximum Gasteiger partial charge on any atom is 0.159 e. The Morgan fingerprint density at radius 3 is 2.11 bits per heavy atom. The second kappa shape index (κ2) is 4.16. The first-order chi connectivity index (χ1) is 9.06. The van der Waals surface area contributed by atoms with E-state index in [1.165, 1.54) is 11.1 Å².